The fourth-order valence-corrected chi connectivity index (χ4v) is 1.62. The topological polar surface area (TPSA) is 38.1 Å². The highest BCUT2D eigenvalue weighted by Gasteiger charge is 2.18. The lowest BCUT2D eigenvalue weighted by Crippen LogP contribution is -2.03. The molecule has 1 atom stereocenters. The quantitative estimate of drug-likeness (QED) is 0.577. The van der Waals surface area contributed by atoms with E-state index in [1.165, 1.54) is 6.33 Å². The number of halogens is 1. The maximum absolute atomic E-state index is 5.91. The molecule has 0 fully saturated rings. The van der Waals surface area contributed by atoms with Crippen LogP contribution in [0.25, 0.3) is 0 Å². The van der Waals surface area contributed by atoms with Crippen LogP contribution in [-0.4, -0.2) is 16.2 Å². The van der Waals surface area contributed by atoms with Gasteiger partial charge in [-0.15, -0.1) is 0 Å². The van der Waals surface area contributed by atoms with E-state index in [4.69, 9.17) is 11.6 Å². The lowest BCUT2D eigenvalue weighted by molar-refractivity contribution is 0.785. The number of aliphatic imine (C=N–C) groups is 1. The Hall–Kier alpha value is -0.960. The molecule has 0 spiro atoms. The summed E-state index contributed by atoms with van der Waals surface area (Å²) in [5.41, 5.74) is 0.974. The molecule has 1 aliphatic rings. The Labute approximate surface area is 75.5 Å². The summed E-state index contributed by atoms with van der Waals surface area (Å²) < 4.78 is 0. The normalized spacial score (nSPS) is 20.7. The third-order valence-corrected chi connectivity index (χ3v) is 2.28. The van der Waals surface area contributed by atoms with E-state index in [1.807, 2.05) is 6.21 Å². The maximum Gasteiger partial charge on any atom is 0.159 e. The molecular weight excluding hydrogens is 174 g/mol. The highest BCUT2D eigenvalue weighted by molar-refractivity contribution is 6.30. The minimum absolute atomic E-state index is 0.381. The second-order valence-electron chi connectivity index (χ2n) is 2.85. The van der Waals surface area contributed by atoms with Gasteiger partial charge < -0.3 is 0 Å². The molecule has 0 aromatic carbocycles. The van der Waals surface area contributed by atoms with Crippen LogP contribution in [0.4, 0.5) is 5.82 Å². The SMILES string of the molecule is C[C@@H]1CC=Nc2ncnc(Cl)c21. The van der Waals surface area contributed by atoms with Crippen molar-refractivity contribution in [2.24, 2.45) is 4.99 Å². The highest BCUT2D eigenvalue weighted by atomic mass is 35.5. The van der Waals surface area contributed by atoms with E-state index < -0.39 is 0 Å². The second-order valence-corrected chi connectivity index (χ2v) is 3.21. The van der Waals surface area contributed by atoms with Gasteiger partial charge >= 0.3 is 0 Å². The first-order chi connectivity index (χ1) is 5.79. The van der Waals surface area contributed by atoms with Gasteiger partial charge in [-0.2, -0.15) is 0 Å². The first kappa shape index (κ1) is 7.68. The minimum atomic E-state index is 0.381. The fraction of sp³-hybridized carbons (Fsp3) is 0.375. The van der Waals surface area contributed by atoms with E-state index in [0.717, 1.165) is 12.0 Å². The van der Waals surface area contributed by atoms with Gasteiger partial charge in [0, 0.05) is 11.8 Å². The summed E-state index contributed by atoms with van der Waals surface area (Å²) in [7, 11) is 0. The Morgan fingerprint density at radius 2 is 2.33 bits per heavy atom. The zero-order valence-electron chi connectivity index (χ0n) is 6.66. The maximum atomic E-state index is 5.91. The molecule has 0 N–H and O–H groups in total. The van der Waals surface area contributed by atoms with Crippen molar-refractivity contribution >= 4 is 23.6 Å². The van der Waals surface area contributed by atoms with E-state index >= 15 is 0 Å². The smallest absolute Gasteiger partial charge is 0.159 e. The molecule has 2 heterocycles. The van der Waals surface area contributed by atoms with Gasteiger partial charge in [-0.1, -0.05) is 18.5 Å². The van der Waals surface area contributed by atoms with Crippen molar-refractivity contribution in [2.75, 3.05) is 0 Å². The Morgan fingerprint density at radius 3 is 3.08 bits per heavy atom. The van der Waals surface area contributed by atoms with E-state index in [-0.39, 0.29) is 0 Å². The van der Waals surface area contributed by atoms with Crippen LogP contribution in [0.3, 0.4) is 0 Å². The third-order valence-electron chi connectivity index (χ3n) is 1.98. The molecule has 0 saturated heterocycles. The third kappa shape index (κ3) is 1.10. The molecule has 0 aliphatic carbocycles. The Morgan fingerprint density at radius 1 is 1.50 bits per heavy atom. The fourth-order valence-electron chi connectivity index (χ4n) is 1.31. The van der Waals surface area contributed by atoms with Gasteiger partial charge in [0.25, 0.3) is 0 Å². The molecular formula is C8H8ClN3. The van der Waals surface area contributed by atoms with Crippen LogP contribution in [0.15, 0.2) is 11.3 Å². The first-order valence-electron chi connectivity index (χ1n) is 3.82. The summed E-state index contributed by atoms with van der Waals surface area (Å²) in [6.45, 7) is 2.10. The number of aromatic nitrogens is 2. The number of fused-ring (bicyclic) bond motifs is 1. The van der Waals surface area contributed by atoms with Crippen molar-refractivity contribution in [3.05, 3.63) is 17.0 Å². The number of hydrogen-bond acceptors (Lipinski definition) is 3. The molecule has 1 aliphatic heterocycles. The van der Waals surface area contributed by atoms with E-state index in [2.05, 4.69) is 21.9 Å². The molecule has 0 unspecified atom stereocenters. The average Bonchev–Trinajstić information content (AvgIpc) is 2.04. The average molecular weight is 182 g/mol. The molecule has 62 valence electrons. The van der Waals surface area contributed by atoms with Gasteiger partial charge in [-0.05, 0) is 12.3 Å². The predicted molar refractivity (Wildman–Crippen MR) is 48.2 cm³/mol. The first-order valence-corrected chi connectivity index (χ1v) is 4.19. The predicted octanol–water partition coefficient (Wildman–Crippen LogP) is 2.34. The summed E-state index contributed by atoms with van der Waals surface area (Å²) in [6, 6.07) is 0. The molecule has 1 aromatic heterocycles. The van der Waals surface area contributed by atoms with Gasteiger partial charge in [0.05, 0.1) is 0 Å². The molecule has 3 nitrogen and oxygen atoms in total. The van der Waals surface area contributed by atoms with Gasteiger partial charge in [0.15, 0.2) is 5.82 Å². The van der Waals surface area contributed by atoms with Crippen molar-refractivity contribution in [2.45, 2.75) is 19.3 Å². The molecule has 0 amide bonds. The molecule has 2 rings (SSSR count). The van der Waals surface area contributed by atoms with Gasteiger partial charge in [0.1, 0.15) is 11.5 Å². The van der Waals surface area contributed by atoms with Crippen molar-refractivity contribution in [3.8, 4) is 0 Å². The van der Waals surface area contributed by atoms with Gasteiger partial charge in [0.2, 0.25) is 0 Å². The summed E-state index contributed by atoms with van der Waals surface area (Å²) in [5.74, 6) is 1.10. The summed E-state index contributed by atoms with van der Waals surface area (Å²) >= 11 is 5.91. The number of nitrogens with zero attached hydrogens (tertiary/aromatic N) is 3. The molecule has 4 heteroatoms. The van der Waals surface area contributed by atoms with Gasteiger partial charge in [-0.25, -0.2) is 15.0 Å². The van der Waals surface area contributed by atoms with Crippen LogP contribution in [0.2, 0.25) is 5.15 Å². The lowest BCUT2D eigenvalue weighted by atomic mass is 9.98. The minimum Gasteiger partial charge on any atom is -0.241 e. The van der Waals surface area contributed by atoms with Crippen molar-refractivity contribution in [3.63, 3.8) is 0 Å². The zero-order chi connectivity index (χ0) is 8.55. The summed E-state index contributed by atoms with van der Waals surface area (Å²) in [5, 5.41) is 0.532. The van der Waals surface area contributed by atoms with Crippen LogP contribution in [0, 0.1) is 0 Å². The zero-order valence-corrected chi connectivity index (χ0v) is 7.41. The Balaban J connectivity index is 2.62. The molecule has 0 bridgehead atoms. The van der Waals surface area contributed by atoms with Crippen molar-refractivity contribution < 1.29 is 0 Å². The summed E-state index contributed by atoms with van der Waals surface area (Å²) in [4.78, 5) is 12.1. The molecule has 0 saturated carbocycles. The number of hydrogen-bond donors (Lipinski definition) is 0. The number of rotatable bonds is 0. The standard InChI is InChI=1S/C8H8ClN3/c1-5-2-3-10-8-6(5)7(9)11-4-12-8/h3-5H,2H2,1H3/t5-/m1/s1. The van der Waals surface area contributed by atoms with Crippen LogP contribution < -0.4 is 0 Å². The Kier molecular flexibility index (Phi) is 1.81. The second kappa shape index (κ2) is 2.83. The largest absolute Gasteiger partial charge is 0.241 e. The van der Waals surface area contributed by atoms with Crippen LogP contribution in [-0.2, 0) is 0 Å². The van der Waals surface area contributed by atoms with Gasteiger partial charge in [-0.3, -0.25) is 0 Å². The lowest BCUT2D eigenvalue weighted by Gasteiger charge is -2.15. The monoisotopic (exact) mass is 181 g/mol. The van der Waals surface area contributed by atoms with Crippen molar-refractivity contribution in [1.29, 1.82) is 0 Å². The van der Waals surface area contributed by atoms with E-state index in [9.17, 15) is 0 Å². The Bertz CT molecular complexity index is 335. The van der Waals surface area contributed by atoms with Crippen molar-refractivity contribution in [1.82, 2.24) is 9.97 Å². The van der Waals surface area contributed by atoms with Crippen LogP contribution >= 0.6 is 11.6 Å². The van der Waals surface area contributed by atoms with Crippen LogP contribution in [0.1, 0.15) is 24.8 Å². The highest BCUT2D eigenvalue weighted by Crippen LogP contribution is 2.34. The molecule has 0 radical (unpaired) electrons. The van der Waals surface area contributed by atoms with E-state index in [1.54, 1.807) is 0 Å². The van der Waals surface area contributed by atoms with Crippen LogP contribution in [0.5, 0.6) is 0 Å². The summed E-state index contributed by atoms with van der Waals surface area (Å²) in [6.07, 6.45) is 4.23. The van der Waals surface area contributed by atoms with E-state index in [0.29, 0.717) is 16.9 Å². The molecule has 1 aromatic rings. The molecule has 12 heavy (non-hydrogen) atoms.